The van der Waals surface area contributed by atoms with Gasteiger partial charge in [0.1, 0.15) is 5.82 Å². The Bertz CT molecular complexity index is 248. The molecule has 0 saturated heterocycles. The van der Waals surface area contributed by atoms with Gasteiger partial charge in [-0.05, 0) is 13.8 Å². The van der Waals surface area contributed by atoms with E-state index in [0.717, 1.165) is 5.82 Å². The Hall–Kier alpha value is -1.19. The number of hydrogen-bond acceptors (Lipinski definition) is 3. The van der Waals surface area contributed by atoms with Crippen LogP contribution in [0.25, 0.3) is 0 Å². The number of aryl methyl sites for hydroxylation is 2. The van der Waals surface area contributed by atoms with Crippen molar-refractivity contribution in [2.75, 3.05) is 0 Å². The molecule has 0 atom stereocenters. The van der Waals surface area contributed by atoms with Gasteiger partial charge >= 0.3 is 0 Å². The summed E-state index contributed by atoms with van der Waals surface area (Å²) in [5, 5.41) is 4.02. The zero-order valence-electron chi connectivity index (χ0n) is 6.37. The number of aromatic nitrogens is 3. The van der Waals surface area contributed by atoms with Crippen molar-refractivity contribution in [3.05, 3.63) is 5.82 Å². The predicted molar refractivity (Wildman–Crippen MR) is 39.6 cm³/mol. The fourth-order valence-corrected chi connectivity index (χ4v) is 0.729. The molecule has 0 saturated carbocycles. The van der Waals surface area contributed by atoms with Crippen LogP contribution in [0.4, 0.5) is 5.95 Å². The fourth-order valence-electron chi connectivity index (χ4n) is 0.729. The van der Waals surface area contributed by atoms with E-state index in [9.17, 15) is 0 Å². The Morgan fingerprint density at radius 3 is 2.70 bits per heavy atom. The summed E-state index contributed by atoms with van der Waals surface area (Å²) in [6.45, 7) is 3.69. The minimum absolute atomic E-state index is 0.653. The van der Waals surface area contributed by atoms with Crippen molar-refractivity contribution >= 4 is 12.2 Å². The molecule has 0 amide bonds. The second kappa shape index (κ2) is 2.60. The first kappa shape index (κ1) is 6.92. The van der Waals surface area contributed by atoms with Crippen LogP contribution in [0.5, 0.6) is 0 Å². The average Bonchev–Trinajstić information content (AvgIpc) is 2.13. The van der Waals surface area contributed by atoms with E-state index in [1.165, 1.54) is 0 Å². The molecule has 0 spiro atoms. The first-order valence-electron chi connectivity index (χ1n) is 3.10. The van der Waals surface area contributed by atoms with Crippen LogP contribution in [0.1, 0.15) is 12.7 Å². The van der Waals surface area contributed by atoms with E-state index in [4.69, 9.17) is 0 Å². The highest BCUT2D eigenvalue weighted by atomic mass is 15.4. The van der Waals surface area contributed by atoms with Crippen molar-refractivity contribution in [1.29, 1.82) is 0 Å². The summed E-state index contributed by atoms with van der Waals surface area (Å²) in [6.07, 6.45) is 1.70. The largest absolute Gasteiger partial charge is 0.247 e. The lowest BCUT2D eigenvalue weighted by Gasteiger charge is -1.87. The van der Waals surface area contributed by atoms with Crippen molar-refractivity contribution < 1.29 is 0 Å². The van der Waals surface area contributed by atoms with E-state index in [-0.39, 0.29) is 0 Å². The Balaban J connectivity index is 3.03. The van der Waals surface area contributed by atoms with Crippen LogP contribution in [0.2, 0.25) is 0 Å². The molecule has 10 heavy (non-hydrogen) atoms. The van der Waals surface area contributed by atoms with Gasteiger partial charge in [-0.3, -0.25) is 0 Å². The molecule has 0 aliphatic rings. The molecule has 0 aromatic carbocycles. The maximum Gasteiger partial charge on any atom is 0.247 e. The third kappa shape index (κ3) is 1.21. The molecule has 0 unspecified atom stereocenters. The van der Waals surface area contributed by atoms with Crippen LogP contribution >= 0.6 is 0 Å². The van der Waals surface area contributed by atoms with Crippen molar-refractivity contribution in [2.45, 2.75) is 13.8 Å². The lowest BCUT2D eigenvalue weighted by Crippen LogP contribution is -1.88. The van der Waals surface area contributed by atoms with Gasteiger partial charge in [0.15, 0.2) is 0 Å². The molecule has 4 heteroatoms. The second-order valence-electron chi connectivity index (χ2n) is 1.97. The highest BCUT2D eigenvalue weighted by Crippen LogP contribution is 2.04. The van der Waals surface area contributed by atoms with E-state index >= 15 is 0 Å². The van der Waals surface area contributed by atoms with Crippen LogP contribution in [0, 0.1) is 6.92 Å². The normalized spacial score (nSPS) is 11.1. The summed E-state index contributed by atoms with van der Waals surface area (Å²) in [5.74, 6) is 1.41. The SMILES string of the molecule is C/C=N\c1nc(C)nn1C. The maximum atomic E-state index is 4.05. The summed E-state index contributed by atoms with van der Waals surface area (Å²) in [5.41, 5.74) is 0. The quantitative estimate of drug-likeness (QED) is 0.540. The second-order valence-corrected chi connectivity index (χ2v) is 1.97. The van der Waals surface area contributed by atoms with Crippen LogP contribution in [-0.2, 0) is 7.05 Å². The predicted octanol–water partition coefficient (Wildman–Crippen LogP) is 0.846. The molecule has 0 radical (unpaired) electrons. The monoisotopic (exact) mass is 138 g/mol. The highest BCUT2D eigenvalue weighted by Gasteiger charge is 1.98. The maximum absolute atomic E-state index is 4.05. The van der Waals surface area contributed by atoms with E-state index in [2.05, 4.69) is 15.1 Å². The van der Waals surface area contributed by atoms with Crippen molar-refractivity contribution in [3.8, 4) is 0 Å². The number of hydrogen-bond donors (Lipinski definition) is 0. The highest BCUT2D eigenvalue weighted by molar-refractivity contribution is 5.57. The number of aliphatic imine (C=N–C) groups is 1. The van der Waals surface area contributed by atoms with Crippen LogP contribution < -0.4 is 0 Å². The Kier molecular flexibility index (Phi) is 1.80. The molecule has 1 aromatic heterocycles. The molecule has 0 bridgehead atoms. The van der Waals surface area contributed by atoms with Gasteiger partial charge in [-0.2, -0.15) is 10.1 Å². The van der Waals surface area contributed by atoms with Crippen LogP contribution in [-0.4, -0.2) is 21.0 Å². The molecular formula is C6H10N4. The van der Waals surface area contributed by atoms with Crippen LogP contribution in [0.15, 0.2) is 4.99 Å². The van der Waals surface area contributed by atoms with Crippen LogP contribution in [0.3, 0.4) is 0 Å². The Labute approximate surface area is 59.6 Å². The third-order valence-corrected chi connectivity index (χ3v) is 1.09. The minimum Gasteiger partial charge on any atom is -0.233 e. The van der Waals surface area contributed by atoms with Gasteiger partial charge in [0, 0.05) is 13.3 Å². The standard InChI is InChI=1S/C6H10N4/c1-4-7-6-8-5(2)9-10(6)3/h4H,1-3H3/b7-4-. The Morgan fingerprint density at radius 1 is 1.60 bits per heavy atom. The average molecular weight is 138 g/mol. The molecule has 54 valence electrons. The number of nitrogens with zero attached hydrogens (tertiary/aromatic N) is 4. The first-order chi connectivity index (χ1) is 4.74. The van der Waals surface area contributed by atoms with Crippen molar-refractivity contribution in [3.63, 3.8) is 0 Å². The summed E-state index contributed by atoms with van der Waals surface area (Å²) in [6, 6.07) is 0. The summed E-state index contributed by atoms with van der Waals surface area (Å²) >= 11 is 0. The van der Waals surface area contributed by atoms with Gasteiger partial charge in [0.05, 0.1) is 0 Å². The summed E-state index contributed by atoms with van der Waals surface area (Å²) in [4.78, 5) is 8.05. The zero-order valence-corrected chi connectivity index (χ0v) is 6.37. The smallest absolute Gasteiger partial charge is 0.233 e. The van der Waals surface area contributed by atoms with Gasteiger partial charge in [-0.25, -0.2) is 9.67 Å². The van der Waals surface area contributed by atoms with Gasteiger partial charge in [0.2, 0.25) is 5.95 Å². The summed E-state index contributed by atoms with van der Waals surface area (Å²) in [7, 11) is 1.82. The van der Waals surface area contributed by atoms with Crippen molar-refractivity contribution in [2.24, 2.45) is 12.0 Å². The van der Waals surface area contributed by atoms with Gasteiger partial charge in [0.25, 0.3) is 0 Å². The molecule has 0 aliphatic heterocycles. The van der Waals surface area contributed by atoms with E-state index in [1.807, 2.05) is 20.9 Å². The lowest BCUT2D eigenvalue weighted by molar-refractivity contribution is 0.759. The zero-order chi connectivity index (χ0) is 7.56. The van der Waals surface area contributed by atoms with Gasteiger partial charge < -0.3 is 0 Å². The first-order valence-corrected chi connectivity index (χ1v) is 3.10. The Morgan fingerprint density at radius 2 is 2.30 bits per heavy atom. The molecule has 1 aromatic rings. The fraction of sp³-hybridized carbons (Fsp3) is 0.500. The van der Waals surface area contributed by atoms with E-state index in [0.29, 0.717) is 5.95 Å². The molecule has 0 aliphatic carbocycles. The lowest BCUT2D eigenvalue weighted by atomic mass is 10.7. The third-order valence-electron chi connectivity index (χ3n) is 1.09. The van der Waals surface area contributed by atoms with Gasteiger partial charge in [-0.1, -0.05) is 0 Å². The topological polar surface area (TPSA) is 43.1 Å². The number of rotatable bonds is 1. The summed E-state index contributed by atoms with van der Waals surface area (Å²) < 4.78 is 1.65. The molecule has 0 N–H and O–H groups in total. The van der Waals surface area contributed by atoms with E-state index in [1.54, 1.807) is 10.9 Å². The molecule has 4 nitrogen and oxygen atoms in total. The minimum atomic E-state index is 0.653. The van der Waals surface area contributed by atoms with Crippen molar-refractivity contribution in [1.82, 2.24) is 14.8 Å². The van der Waals surface area contributed by atoms with Gasteiger partial charge in [-0.15, -0.1) is 0 Å². The molecule has 0 fully saturated rings. The molecular weight excluding hydrogens is 128 g/mol. The molecule has 1 heterocycles. The van der Waals surface area contributed by atoms with E-state index < -0.39 is 0 Å². The molecule has 1 rings (SSSR count).